The summed E-state index contributed by atoms with van der Waals surface area (Å²) < 4.78 is 0. The molecule has 0 spiro atoms. The van der Waals surface area contributed by atoms with E-state index in [1.54, 1.807) is 0 Å². The third-order valence-electron chi connectivity index (χ3n) is 3.51. The number of aliphatic carboxylic acids is 2. The molecular formula is C12H15NO5. The Morgan fingerprint density at radius 1 is 1.39 bits per heavy atom. The van der Waals surface area contributed by atoms with Crippen molar-refractivity contribution in [2.24, 2.45) is 5.92 Å². The van der Waals surface area contributed by atoms with Crippen molar-refractivity contribution in [3.8, 4) is 0 Å². The second kappa shape index (κ2) is 4.80. The first-order valence-electron chi connectivity index (χ1n) is 5.97. The molecule has 2 unspecified atom stereocenters. The van der Waals surface area contributed by atoms with E-state index in [-0.39, 0.29) is 18.7 Å². The van der Waals surface area contributed by atoms with Crippen LogP contribution in [-0.2, 0) is 14.4 Å². The van der Waals surface area contributed by atoms with Gasteiger partial charge in [0.25, 0.3) is 0 Å². The second-order valence-corrected chi connectivity index (χ2v) is 4.66. The number of rotatable bonds is 4. The highest BCUT2D eigenvalue weighted by atomic mass is 16.4. The van der Waals surface area contributed by atoms with E-state index in [1.807, 2.05) is 6.08 Å². The Bertz CT molecular complexity index is 428. The fourth-order valence-corrected chi connectivity index (χ4v) is 2.58. The smallest absolute Gasteiger partial charge is 0.326 e. The number of carboxylic acid groups (broad SMARTS) is 2. The number of carbonyl (C=O) groups excluding carboxylic acids is 1. The topological polar surface area (TPSA) is 94.9 Å². The van der Waals surface area contributed by atoms with Crippen LogP contribution in [0, 0.1) is 5.92 Å². The summed E-state index contributed by atoms with van der Waals surface area (Å²) in [6, 6.07) is -0.781. The number of hydrogen-bond acceptors (Lipinski definition) is 3. The summed E-state index contributed by atoms with van der Waals surface area (Å²) >= 11 is 0. The molecule has 0 saturated carbocycles. The van der Waals surface area contributed by atoms with Crippen molar-refractivity contribution in [3.05, 3.63) is 11.8 Å². The van der Waals surface area contributed by atoms with Crippen molar-refractivity contribution in [2.75, 3.05) is 0 Å². The lowest BCUT2D eigenvalue weighted by Crippen LogP contribution is -2.44. The zero-order chi connectivity index (χ0) is 13.3. The molecule has 6 nitrogen and oxygen atoms in total. The van der Waals surface area contributed by atoms with E-state index in [9.17, 15) is 14.4 Å². The van der Waals surface area contributed by atoms with Crippen LogP contribution in [-0.4, -0.2) is 39.0 Å². The molecule has 0 aromatic carbocycles. The summed E-state index contributed by atoms with van der Waals surface area (Å²) in [7, 11) is 0. The number of amides is 1. The molecule has 0 aliphatic carbocycles. The van der Waals surface area contributed by atoms with E-state index in [2.05, 4.69) is 0 Å². The lowest BCUT2D eigenvalue weighted by molar-refractivity contribution is -0.149. The maximum absolute atomic E-state index is 12.2. The van der Waals surface area contributed by atoms with Gasteiger partial charge < -0.3 is 15.1 Å². The molecule has 2 aliphatic heterocycles. The van der Waals surface area contributed by atoms with Gasteiger partial charge >= 0.3 is 11.9 Å². The number of allylic oxidation sites excluding steroid dienone is 2. The SMILES string of the molecule is O=C(O)CCC1CC=C2CCC(C(=O)O)N2C1=O. The van der Waals surface area contributed by atoms with Gasteiger partial charge in [-0.15, -0.1) is 0 Å². The van der Waals surface area contributed by atoms with Crippen LogP contribution >= 0.6 is 0 Å². The minimum atomic E-state index is -0.995. The summed E-state index contributed by atoms with van der Waals surface area (Å²) in [4.78, 5) is 35.1. The Kier molecular flexibility index (Phi) is 3.36. The maximum atomic E-state index is 12.2. The molecule has 2 heterocycles. The monoisotopic (exact) mass is 253 g/mol. The Balaban J connectivity index is 2.11. The predicted molar refractivity (Wildman–Crippen MR) is 60.6 cm³/mol. The van der Waals surface area contributed by atoms with Crippen LogP contribution in [0.2, 0.25) is 0 Å². The molecule has 1 fully saturated rings. The van der Waals surface area contributed by atoms with Crippen LogP contribution in [0.25, 0.3) is 0 Å². The van der Waals surface area contributed by atoms with Crippen LogP contribution in [0.3, 0.4) is 0 Å². The van der Waals surface area contributed by atoms with Gasteiger partial charge in [-0.05, 0) is 25.7 Å². The Morgan fingerprint density at radius 3 is 2.72 bits per heavy atom. The fourth-order valence-electron chi connectivity index (χ4n) is 2.58. The average Bonchev–Trinajstić information content (AvgIpc) is 2.72. The predicted octanol–water partition coefficient (Wildman–Crippen LogP) is 0.831. The number of carbonyl (C=O) groups is 3. The van der Waals surface area contributed by atoms with Crippen molar-refractivity contribution < 1.29 is 24.6 Å². The van der Waals surface area contributed by atoms with E-state index in [0.717, 1.165) is 5.70 Å². The van der Waals surface area contributed by atoms with Gasteiger partial charge in [0.1, 0.15) is 6.04 Å². The third kappa shape index (κ3) is 2.23. The Hall–Kier alpha value is -1.85. The molecule has 0 aromatic heterocycles. The van der Waals surface area contributed by atoms with Crippen molar-refractivity contribution in [2.45, 2.75) is 38.1 Å². The molecule has 98 valence electrons. The van der Waals surface area contributed by atoms with Gasteiger partial charge in [-0.1, -0.05) is 6.08 Å². The van der Waals surface area contributed by atoms with Crippen LogP contribution in [0.4, 0.5) is 0 Å². The van der Waals surface area contributed by atoms with E-state index < -0.39 is 23.9 Å². The first kappa shape index (κ1) is 12.6. The van der Waals surface area contributed by atoms with Crippen LogP contribution in [0.1, 0.15) is 32.1 Å². The lowest BCUT2D eigenvalue weighted by Gasteiger charge is -2.31. The number of hydrogen-bond donors (Lipinski definition) is 2. The molecule has 18 heavy (non-hydrogen) atoms. The van der Waals surface area contributed by atoms with Gasteiger partial charge in [0.05, 0.1) is 0 Å². The Morgan fingerprint density at radius 2 is 2.11 bits per heavy atom. The molecule has 0 bridgehead atoms. The highest BCUT2D eigenvalue weighted by molar-refractivity contribution is 5.88. The van der Waals surface area contributed by atoms with E-state index in [4.69, 9.17) is 10.2 Å². The molecule has 0 aromatic rings. The molecule has 2 rings (SSSR count). The molecule has 0 radical (unpaired) electrons. The quantitative estimate of drug-likeness (QED) is 0.773. The van der Waals surface area contributed by atoms with Gasteiger partial charge in [0.2, 0.25) is 5.91 Å². The summed E-state index contributed by atoms with van der Waals surface area (Å²) in [5, 5.41) is 17.7. The zero-order valence-electron chi connectivity index (χ0n) is 9.83. The first-order valence-corrected chi connectivity index (χ1v) is 5.97. The molecule has 1 amide bonds. The first-order chi connectivity index (χ1) is 8.50. The highest BCUT2D eigenvalue weighted by Crippen LogP contribution is 2.35. The van der Waals surface area contributed by atoms with Crippen molar-refractivity contribution in [1.82, 2.24) is 4.90 Å². The van der Waals surface area contributed by atoms with Gasteiger partial charge in [-0.25, -0.2) is 4.79 Å². The summed E-state index contributed by atoms with van der Waals surface area (Å²) in [6.45, 7) is 0. The minimum absolute atomic E-state index is 0.0643. The molecule has 2 N–H and O–H groups in total. The molecule has 6 heteroatoms. The number of nitrogens with zero attached hydrogens (tertiary/aromatic N) is 1. The molecule has 1 saturated heterocycles. The van der Waals surface area contributed by atoms with Crippen molar-refractivity contribution in [3.63, 3.8) is 0 Å². The summed E-state index contributed by atoms with van der Waals surface area (Å²) in [6.07, 6.45) is 3.64. The standard InChI is InChI=1S/C12H15NO5/c14-10(15)6-2-7-1-3-8-4-5-9(12(17)18)13(8)11(7)16/h3,7,9H,1-2,4-6H2,(H,14,15)(H,17,18). The normalized spacial score (nSPS) is 26.8. The average molecular weight is 253 g/mol. The molecular weight excluding hydrogens is 238 g/mol. The largest absolute Gasteiger partial charge is 0.481 e. The zero-order valence-corrected chi connectivity index (χ0v) is 9.83. The van der Waals surface area contributed by atoms with Crippen LogP contribution in [0.15, 0.2) is 11.8 Å². The van der Waals surface area contributed by atoms with Gasteiger partial charge in [-0.2, -0.15) is 0 Å². The van der Waals surface area contributed by atoms with E-state index in [1.165, 1.54) is 4.90 Å². The summed E-state index contributed by atoms with van der Waals surface area (Å²) in [5.74, 6) is -2.57. The number of carboxylic acids is 2. The third-order valence-corrected chi connectivity index (χ3v) is 3.51. The summed E-state index contributed by atoms with van der Waals surface area (Å²) in [5.41, 5.74) is 0.777. The fraction of sp³-hybridized carbons (Fsp3) is 0.583. The second-order valence-electron chi connectivity index (χ2n) is 4.66. The van der Waals surface area contributed by atoms with Gasteiger partial charge in [-0.3, -0.25) is 9.59 Å². The minimum Gasteiger partial charge on any atom is -0.481 e. The van der Waals surface area contributed by atoms with Crippen molar-refractivity contribution >= 4 is 17.8 Å². The molecule has 2 atom stereocenters. The highest BCUT2D eigenvalue weighted by Gasteiger charge is 2.42. The van der Waals surface area contributed by atoms with Crippen molar-refractivity contribution in [1.29, 1.82) is 0 Å². The Labute approximate surface area is 104 Å². The van der Waals surface area contributed by atoms with E-state index >= 15 is 0 Å². The van der Waals surface area contributed by atoms with Crippen LogP contribution < -0.4 is 0 Å². The van der Waals surface area contributed by atoms with Gasteiger partial charge in [0.15, 0.2) is 0 Å². The molecule has 2 aliphatic rings. The maximum Gasteiger partial charge on any atom is 0.326 e. The van der Waals surface area contributed by atoms with Crippen LogP contribution in [0.5, 0.6) is 0 Å². The number of fused-ring (bicyclic) bond motifs is 1. The lowest BCUT2D eigenvalue weighted by atomic mass is 9.94. The van der Waals surface area contributed by atoms with Gasteiger partial charge in [0, 0.05) is 18.0 Å². The van der Waals surface area contributed by atoms with E-state index in [0.29, 0.717) is 19.3 Å².